The van der Waals surface area contributed by atoms with Crippen molar-refractivity contribution in [2.45, 2.75) is 31.7 Å². The van der Waals surface area contributed by atoms with Crippen molar-refractivity contribution in [2.75, 3.05) is 45.8 Å². The molecule has 0 aromatic rings. The first-order valence-electron chi connectivity index (χ1n) is 7.18. The Labute approximate surface area is 106 Å². The second-order valence-corrected chi connectivity index (χ2v) is 5.33. The monoisotopic (exact) mass is 237 g/mol. The SMILES string of the molecule is C=CCNCCN1CCC(N2CCCCC2)C1. The number of likely N-dealkylation sites (tertiary alicyclic amines) is 2. The minimum Gasteiger partial charge on any atom is -0.312 e. The van der Waals surface area contributed by atoms with Crippen LogP contribution in [0.25, 0.3) is 0 Å². The molecule has 3 nitrogen and oxygen atoms in total. The van der Waals surface area contributed by atoms with Crippen molar-refractivity contribution in [3.8, 4) is 0 Å². The summed E-state index contributed by atoms with van der Waals surface area (Å²) in [4.78, 5) is 5.33. The van der Waals surface area contributed by atoms with Gasteiger partial charge in [-0.05, 0) is 38.9 Å². The van der Waals surface area contributed by atoms with Crippen LogP contribution in [-0.4, -0.2) is 61.7 Å². The third kappa shape index (κ3) is 4.09. The second-order valence-electron chi connectivity index (χ2n) is 5.33. The molecule has 0 aromatic carbocycles. The van der Waals surface area contributed by atoms with E-state index in [0.717, 1.165) is 19.1 Å². The molecule has 0 saturated carbocycles. The molecule has 2 saturated heterocycles. The van der Waals surface area contributed by atoms with Crippen LogP contribution in [0.4, 0.5) is 0 Å². The van der Waals surface area contributed by atoms with Crippen LogP contribution in [0.5, 0.6) is 0 Å². The van der Waals surface area contributed by atoms with Gasteiger partial charge < -0.3 is 10.2 Å². The van der Waals surface area contributed by atoms with Gasteiger partial charge in [0, 0.05) is 32.2 Å². The minimum absolute atomic E-state index is 0.842. The quantitative estimate of drug-likeness (QED) is 0.555. The first kappa shape index (κ1) is 13.1. The fourth-order valence-electron chi connectivity index (χ4n) is 3.04. The van der Waals surface area contributed by atoms with Gasteiger partial charge in [-0.15, -0.1) is 6.58 Å². The summed E-state index contributed by atoms with van der Waals surface area (Å²) in [5.74, 6) is 0. The van der Waals surface area contributed by atoms with Gasteiger partial charge >= 0.3 is 0 Å². The molecule has 0 radical (unpaired) electrons. The topological polar surface area (TPSA) is 18.5 Å². The molecule has 1 N–H and O–H groups in total. The first-order chi connectivity index (χ1) is 8.40. The van der Waals surface area contributed by atoms with E-state index in [0.29, 0.717) is 0 Å². The van der Waals surface area contributed by atoms with Gasteiger partial charge in [0.15, 0.2) is 0 Å². The largest absolute Gasteiger partial charge is 0.312 e. The molecule has 0 amide bonds. The Balaban J connectivity index is 1.62. The van der Waals surface area contributed by atoms with Crippen LogP contribution in [0.3, 0.4) is 0 Å². The third-order valence-electron chi connectivity index (χ3n) is 4.05. The van der Waals surface area contributed by atoms with Gasteiger partial charge in [0.1, 0.15) is 0 Å². The number of hydrogen-bond donors (Lipinski definition) is 1. The lowest BCUT2D eigenvalue weighted by molar-refractivity contribution is 0.162. The molecule has 0 aliphatic carbocycles. The van der Waals surface area contributed by atoms with Crippen molar-refractivity contribution in [1.29, 1.82) is 0 Å². The Morgan fingerprint density at radius 3 is 2.76 bits per heavy atom. The highest BCUT2D eigenvalue weighted by atomic mass is 15.3. The molecule has 17 heavy (non-hydrogen) atoms. The summed E-state index contributed by atoms with van der Waals surface area (Å²) in [5, 5.41) is 3.38. The number of nitrogens with one attached hydrogen (secondary N) is 1. The second kappa shape index (κ2) is 7.14. The maximum Gasteiger partial charge on any atom is 0.0235 e. The summed E-state index contributed by atoms with van der Waals surface area (Å²) in [5.41, 5.74) is 0. The van der Waals surface area contributed by atoms with Crippen LogP contribution >= 0.6 is 0 Å². The third-order valence-corrected chi connectivity index (χ3v) is 4.05. The van der Waals surface area contributed by atoms with E-state index in [-0.39, 0.29) is 0 Å². The molecule has 0 bridgehead atoms. The number of rotatable bonds is 6. The van der Waals surface area contributed by atoms with Crippen LogP contribution in [0, 0.1) is 0 Å². The predicted molar refractivity (Wildman–Crippen MR) is 73.3 cm³/mol. The van der Waals surface area contributed by atoms with Gasteiger partial charge in [0.25, 0.3) is 0 Å². The Morgan fingerprint density at radius 2 is 2.00 bits per heavy atom. The van der Waals surface area contributed by atoms with Crippen molar-refractivity contribution < 1.29 is 0 Å². The Kier molecular flexibility index (Phi) is 5.49. The minimum atomic E-state index is 0.842. The molecule has 2 aliphatic rings. The van der Waals surface area contributed by atoms with E-state index in [1.165, 1.54) is 58.4 Å². The average Bonchev–Trinajstić information content (AvgIpc) is 2.85. The van der Waals surface area contributed by atoms with Crippen molar-refractivity contribution in [3.05, 3.63) is 12.7 Å². The van der Waals surface area contributed by atoms with E-state index < -0.39 is 0 Å². The van der Waals surface area contributed by atoms with Crippen molar-refractivity contribution in [1.82, 2.24) is 15.1 Å². The molecule has 0 aromatic heterocycles. The highest BCUT2D eigenvalue weighted by Crippen LogP contribution is 2.19. The van der Waals surface area contributed by atoms with E-state index in [9.17, 15) is 0 Å². The molecule has 98 valence electrons. The standard InChI is InChI=1S/C14H27N3/c1-2-7-15-8-12-16-11-6-14(13-16)17-9-4-3-5-10-17/h2,14-15H,1,3-13H2. The van der Waals surface area contributed by atoms with Gasteiger partial charge in [-0.1, -0.05) is 12.5 Å². The van der Waals surface area contributed by atoms with Crippen LogP contribution in [-0.2, 0) is 0 Å². The van der Waals surface area contributed by atoms with Crippen LogP contribution in [0.15, 0.2) is 12.7 Å². The summed E-state index contributed by atoms with van der Waals surface area (Å²) < 4.78 is 0. The van der Waals surface area contributed by atoms with Gasteiger partial charge in [-0.25, -0.2) is 0 Å². The molecule has 2 aliphatic heterocycles. The summed E-state index contributed by atoms with van der Waals surface area (Å²) in [6.07, 6.45) is 7.58. The van der Waals surface area contributed by atoms with E-state index in [2.05, 4.69) is 21.7 Å². The normalized spacial score (nSPS) is 27.4. The van der Waals surface area contributed by atoms with Crippen molar-refractivity contribution in [3.63, 3.8) is 0 Å². The van der Waals surface area contributed by atoms with Crippen LogP contribution in [0.1, 0.15) is 25.7 Å². The summed E-state index contributed by atoms with van der Waals surface area (Å²) >= 11 is 0. The maximum atomic E-state index is 3.72. The van der Waals surface area contributed by atoms with Crippen molar-refractivity contribution in [2.24, 2.45) is 0 Å². The number of hydrogen-bond acceptors (Lipinski definition) is 3. The molecular formula is C14H27N3. The van der Waals surface area contributed by atoms with Crippen LogP contribution in [0.2, 0.25) is 0 Å². The summed E-state index contributed by atoms with van der Waals surface area (Å²) in [6.45, 7) is 12.2. The molecule has 0 spiro atoms. The maximum absolute atomic E-state index is 3.72. The van der Waals surface area contributed by atoms with Gasteiger partial charge in [0.05, 0.1) is 0 Å². The van der Waals surface area contributed by atoms with Gasteiger partial charge in [-0.2, -0.15) is 0 Å². The first-order valence-corrected chi connectivity index (χ1v) is 7.18. The smallest absolute Gasteiger partial charge is 0.0235 e. The van der Waals surface area contributed by atoms with E-state index in [1.807, 2.05) is 6.08 Å². The Hall–Kier alpha value is -0.380. The zero-order valence-electron chi connectivity index (χ0n) is 11.0. The zero-order valence-corrected chi connectivity index (χ0v) is 11.0. The lowest BCUT2D eigenvalue weighted by atomic mass is 10.1. The van der Waals surface area contributed by atoms with Gasteiger partial charge in [-0.3, -0.25) is 4.90 Å². The van der Waals surface area contributed by atoms with E-state index >= 15 is 0 Å². The van der Waals surface area contributed by atoms with E-state index in [1.54, 1.807) is 0 Å². The fourth-order valence-corrected chi connectivity index (χ4v) is 3.04. The summed E-state index contributed by atoms with van der Waals surface area (Å²) in [6, 6.07) is 0.842. The lowest BCUT2D eigenvalue weighted by Gasteiger charge is -2.32. The molecule has 3 heteroatoms. The molecule has 2 rings (SSSR count). The molecule has 2 heterocycles. The predicted octanol–water partition coefficient (Wildman–Crippen LogP) is 1.32. The molecule has 1 atom stereocenters. The lowest BCUT2D eigenvalue weighted by Crippen LogP contribution is -2.41. The molecule has 1 unspecified atom stereocenters. The zero-order chi connectivity index (χ0) is 11.9. The van der Waals surface area contributed by atoms with Crippen LogP contribution < -0.4 is 5.32 Å². The number of nitrogens with zero attached hydrogens (tertiary/aromatic N) is 2. The Morgan fingerprint density at radius 1 is 1.18 bits per heavy atom. The average molecular weight is 237 g/mol. The fraction of sp³-hybridized carbons (Fsp3) is 0.857. The van der Waals surface area contributed by atoms with Gasteiger partial charge in [0.2, 0.25) is 0 Å². The van der Waals surface area contributed by atoms with E-state index in [4.69, 9.17) is 0 Å². The summed E-state index contributed by atoms with van der Waals surface area (Å²) in [7, 11) is 0. The highest BCUT2D eigenvalue weighted by molar-refractivity contribution is 4.85. The highest BCUT2D eigenvalue weighted by Gasteiger charge is 2.27. The number of piperidine rings is 1. The Bertz CT molecular complexity index is 224. The molecule has 2 fully saturated rings. The molecular weight excluding hydrogens is 210 g/mol. The van der Waals surface area contributed by atoms with Crippen molar-refractivity contribution >= 4 is 0 Å².